The van der Waals surface area contributed by atoms with Crippen LogP contribution in [-0.2, 0) is 9.53 Å². The summed E-state index contributed by atoms with van der Waals surface area (Å²) in [5.74, 6) is -0.548. The van der Waals surface area contributed by atoms with Crippen LogP contribution in [0.2, 0.25) is 0 Å². The van der Waals surface area contributed by atoms with Crippen LogP contribution in [0.15, 0.2) is 30.3 Å². The van der Waals surface area contributed by atoms with Gasteiger partial charge >= 0.3 is 5.97 Å². The molecule has 0 heterocycles. The van der Waals surface area contributed by atoms with Crippen molar-refractivity contribution in [2.75, 3.05) is 7.11 Å². The van der Waals surface area contributed by atoms with E-state index in [1.807, 2.05) is 0 Å². The number of nitrogens with zero attached hydrogens (tertiary/aromatic N) is 1. The molecule has 0 aliphatic heterocycles. The summed E-state index contributed by atoms with van der Waals surface area (Å²) in [6.07, 6.45) is 2.49. The lowest BCUT2D eigenvalue weighted by molar-refractivity contribution is -0.385. The number of rotatable bonds is 3. The third-order valence-corrected chi connectivity index (χ3v) is 1.73. The molecule has 0 bridgehead atoms. The van der Waals surface area contributed by atoms with Gasteiger partial charge in [0.1, 0.15) is 0 Å². The topological polar surface area (TPSA) is 69.4 Å². The van der Waals surface area contributed by atoms with Crippen LogP contribution < -0.4 is 0 Å². The Balaban J connectivity index is 2.99. The predicted molar refractivity (Wildman–Crippen MR) is 54.1 cm³/mol. The van der Waals surface area contributed by atoms with E-state index in [2.05, 4.69) is 4.74 Å². The SMILES string of the molecule is COC(=O)C=Cc1ccccc1[N+](=O)[O-]. The first-order chi connectivity index (χ1) is 7.15. The standard InChI is InChI=1S/C10H9NO4/c1-15-10(12)7-6-8-4-2-3-5-9(8)11(13)14/h2-7H,1H3. The molecule has 0 saturated carbocycles. The molecule has 15 heavy (non-hydrogen) atoms. The summed E-state index contributed by atoms with van der Waals surface area (Å²) >= 11 is 0. The summed E-state index contributed by atoms with van der Waals surface area (Å²) < 4.78 is 4.38. The molecular weight excluding hydrogens is 198 g/mol. The summed E-state index contributed by atoms with van der Waals surface area (Å²) in [5.41, 5.74) is 0.325. The summed E-state index contributed by atoms with van der Waals surface area (Å²) in [5, 5.41) is 10.6. The van der Waals surface area contributed by atoms with Crippen molar-refractivity contribution >= 4 is 17.7 Å². The molecule has 0 fully saturated rings. The van der Waals surface area contributed by atoms with Crippen LogP contribution in [0.5, 0.6) is 0 Å². The molecule has 0 aliphatic rings. The molecule has 0 amide bonds. The largest absolute Gasteiger partial charge is 0.466 e. The monoisotopic (exact) mass is 207 g/mol. The van der Waals surface area contributed by atoms with Crippen LogP contribution in [0.1, 0.15) is 5.56 Å². The number of hydrogen-bond donors (Lipinski definition) is 0. The molecule has 0 unspecified atom stereocenters. The van der Waals surface area contributed by atoms with E-state index >= 15 is 0 Å². The highest BCUT2D eigenvalue weighted by molar-refractivity contribution is 5.87. The fourth-order valence-corrected chi connectivity index (χ4v) is 1.02. The molecule has 5 nitrogen and oxygen atoms in total. The Morgan fingerprint density at radius 3 is 2.73 bits per heavy atom. The molecule has 0 aromatic heterocycles. The second-order valence-electron chi connectivity index (χ2n) is 2.67. The zero-order chi connectivity index (χ0) is 11.3. The summed E-state index contributed by atoms with van der Waals surface area (Å²) in [4.78, 5) is 20.9. The van der Waals surface area contributed by atoms with Crippen LogP contribution in [0, 0.1) is 10.1 Å². The van der Waals surface area contributed by atoms with Crippen molar-refractivity contribution in [1.82, 2.24) is 0 Å². The first-order valence-corrected chi connectivity index (χ1v) is 4.14. The van der Waals surface area contributed by atoms with Crippen molar-refractivity contribution in [3.8, 4) is 0 Å². The summed E-state index contributed by atoms with van der Waals surface area (Å²) in [6.45, 7) is 0. The summed E-state index contributed by atoms with van der Waals surface area (Å²) in [6, 6.07) is 6.14. The minimum atomic E-state index is -0.548. The average Bonchev–Trinajstić information content (AvgIpc) is 2.26. The Labute approximate surface area is 86.1 Å². The lowest BCUT2D eigenvalue weighted by atomic mass is 10.1. The molecule has 78 valence electrons. The Hall–Kier alpha value is -2.17. The lowest BCUT2D eigenvalue weighted by Gasteiger charge is -1.95. The fraction of sp³-hybridized carbons (Fsp3) is 0.100. The van der Waals surface area contributed by atoms with Gasteiger partial charge in [0.25, 0.3) is 5.69 Å². The zero-order valence-electron chi connectivity index (χ0n) is 8.04. The smallest absolute Gasteiger partial charge is 0.330 e. The van der Waals surface area contributed by atoms with E-state index in [1.165, 1.54) is 19.3 Å². The third kappa shape index (κ3) is 2.91. The summed E-state index contributed by atoms with van der Waals surface area (Å²) in [7, 11) is 1.24. The Morgan fingerprint density at radius 1 is 1.47 bits per heavy atom. The van der Waals surface area contributed by atoms with Gasteiger partial charge in [0.15, 0.2) is 0 Å². The predicted octanol–water partition coefficient (Wildman–Crippen LogP) is 1.78. The molecule has 0 N–H and O–H groups in total. The molecule has 0 saturated heterocycles. The highest BCUT2D eigenvalue weighted by Gasteiger charge is 2.09. The van der Waals surface area contributed by atoms with Gasteiger partial charge in [0.2, 0.25) is 0 Å². The normalized spacial score (nSPS) is 10.2. The van der Waals surface area contributed by atoms with Crippen LogP contribution in [0.4, 0.5) is 5.69 Å². The van der Waals surface area contributed by atoms with Crippen LogP contribution in [0.3, 0.4) is 0 Å². The van der Waals surface area contributed by atoms with Crippen molar-refractivity contribution in [2.45, 2.75) is 0 Å². The maximum Gasteiger partial charge on any atom is 0.330 e. The van der Waals surface area contributed by atoms with E-state index < -0.39 is 10.9 Å². The maximum absolute atomic E-state index is 10.8. The maximum atomic E-state index is 10.8. The van der Waals surface area contributed by atoms with Gasteiger partial charge < -0.3 is 4.74 Å². The molecular formula is C10H9NO4. The van der Waals surface area contributed by atoms with Gasteiger partial charge in [-0.1, -0.05) is 12.1 Å². The molecule has 0 aliphatic carbocycles. The Bertz CT molecular complexity index is 412. The van der Waals surface area contributed by atoms with E-state index in [0.29, 0.717) is 5.56 Å². The highest BCUT2D eigenvalue weighted by atomic mass is 16.6. The van der Waals surface area contributed by atoms with E-state index in [4.69, 9.17) is 0 Å². The number of carbonyl (C=O) groups excluding carboxylic acids is 1. The van der Waals surface area contributed by atoms with E-state index in [0.717, 1.165) is 6.08 Å². The van der Waals surface area contributed by atoms with Crippen molar-refractivity contribution in [3.63, 3.8) is 0 Å². The first-order valence-electron chi connectivity index (χ1n) is 4.14. The van der Waals surface area contributed by atoms with E-state index in [1.54, 1.807) is 18.2 Å². The van der Waals surface area contributed by atoms with Gasteiger partial charge in [-0.15, -0.1) is 0 Å². The highest BCUT2D eigenvalue weighted by Crippen LogP contribution is 2.18. The zero-order valence-corrected chi connectivity index (χ0v) is 8.04. The van der Waals surface area contributed by atoms with Crippen molar-refractivity contribution in [3.05, 3.63) is 46.0 Å². The molecule has 0 atom stereocenters. The second kappa shape index (κ2) is 4.90. The lowest BCUT2D eigenvalue weighted by Crippen LogP contribution is -1.94. The molecule has 0 radical (unpaired) electrons. The second-order valence-corrected chi connectivity index (χ2v) is 2.67. The minimum Gasteiger partial charge on any atom is -0.466 e. The number of nitro groups is 1. The molecule has 1 rings (SSSR count). The quantitative estimate of drug-likeness (QED) is 0.328. The Morgan fingerprint density at radius 2 is 2.13 bits per heavy atom. The van der Waals surface area contributed by atoms with Crippen molar-refractivity contribution in [2.24, 2.45) is 0 Å². The molecule has 1 aromatic carbocycles. The number of para-hydroxylation sites is 1. The number of benzene rings is 1. The fourth-order valence-electron chi connectivity index (χ4n) is 1.02. The van der Waals surface area contributed by atoms with Gasteiger partial charge in [0.05, 0.1) is 17.6 Å². The van der Waals surface area contributed by atoms with Gasteiger partial charge in [0, 0.05) is 12.1 Å². The van der Waals surface area contributed by atoms with E-state index in [-0.39, 0.29) is 5.69 Å². The van der Waals surface area contributed by atoms with Gasteiger partial charge in [-0.05, 0) is 12.1 Å². The third-order valence-electron chi connectivity index (χ3n) is 1.73. The van der Waals surface area contributed by atoms with E-state index in [9.17, 15) is 14.9 Å². The minimum absolute atomic E-state index is 0.0438. The van der Waals surface area contributed by atoms with Gasteiger partial charge in [-0.2, -0.15) is 0 Å². The average molecular weight is 207 g/mol. The van der Waals surface area contributed by atoms with Crippen molar-refractivity contribution in [1.29, 1.82) is 0 Å². The number of carbonyl (C=O) groups is 1. The van der Waals surface area contributed by atoms with Crippen LogP contribution in [0.25, 0.3) is 6.08 Å². The first kappa shape index (κ1) is 10.9. The Kier molecular flexibility index (Phi) is 3.56. The van der Waals surface area contributed by atoms with Crippen LogP contribution in [-0.4, -0.2) is 18.0 Å². The van der Waals surface area contributed by atoms with Crippen molar-refractivity contribution < 1.29 is 14.5 Å². The van der Waals surface area contributed by atoms with Crippen LogP contribution >= 0.6 is 0 Å². The number of methoxy groups -OCH3 is 1. The number of esters is 1. The number of hydrogen-bond acceptors (Lipinski definition) is 4. The number of ether oxygens (including phenoxy) is 1. The molecule has 0 spiro atoms. The molecule has 1 aromatic rings. The molecule has 5 heteroatoms. The van der Waals surface area contributed by atoms with Gasteiger partial charge in [-0.3, -0.25) is 10.1 Å². The number of nitro benzene ring substituents is 1. The van der Waals surface area contributed by atoms with Gasteiger partial charge in [-0.25, -0.2) is 4.79 Å².